The summed E-state index contributed by atoms with van der Waals surface area (Å²) in [5.74, 6) is 1.59. The van der Waals surface area contributed by atoms with Crippen LogP contribution in [0.2, 0.25) is 0 Å². The lowest BCUT2D eigenvalue weighted by atomic mass is 10.2. The van der Waals surface area contributed by atoms with E-state index >= 15 is 0 Å². The maximum atomic E-state index is 9.68. The van der Waals surface area contributed by atoms with Crippen LogP contribution in [0.1, 0.15) is 12.0 Å². The molecule has 8 heteroatoms. The van der Waals surface area contributed by atoms with Gasteiger partial charge >= 0.3 is 0 Å². The number of fused-ring (bicyclic) bond motifs is 1. The number of H-pyrrole nitrogens is 1. The molecule has 0 unspecified atom stereocenters. The molecule has 4 rings (SSSR count). The van der Waals surface area contributed by atoms with E-state index in [-0.39, 0.29) is 6.10 Å². The first-order valence-electron chi connectivity index (χ1n) is 7.58. The second-order valence-corrected chi connectivity index (χ2v) is 5.73. The average Bonchev–Trinajstić information content (AvgIpc) is 3.26. The molecule has 23 heavy (non-hydrogen) atoms. The number of ether oxygens (including phenoxy) is 1. The third-order valence-corrected chi connectivity index (χ3v) is 4.17. The van der Waals surface area contributed by atoms with Crippen molar-refractivity contribution in [2.75, 3.05) is 25.1 Å². The monoisotopic (exact) mass is 314 g/mol. The van der Waals surface area contributed by atoms with E-state index in [1.54, 1.807) is 11.8 Å². The Morgan fingerprint density at radius 1 is 1.35 bits per heavy atom. The lowest BCUT2D eigenvalue weighted by Gasteiger charge is -2.12. The molecule has 3 aromatic rings. The predicted octanol–water partition coefficient (Wildman–Crippen LogP) is 0.782. The van der Waals surface area contributed by atoms with Gasteiger partial charge in [0.15, 0.2) is 17.0 Å². The van der Waals surface area contributed by atoms with Crippen molar-refractivity contribution in [1.29, 1.82) is 0 Å². The molecule has 1 atom stereocenters. The van der Waals surface area contributed by atoms with E-state index in [0.29, 0.717) is 13.1 Å². The molecular formula is C15H18N6O2. The van der Waals surface area contributed by atoms with Crippen LogP contribution >= 0.6 is 0 Å². The first kappa shape index (κ1) is 14.0. The Balaban J connectivity index is 1.60. The van der Waals surface area contributed by atoms with Crippen LogP contribution in [-0.2, 0) is 6.54 Å². The highest BCUT2D eigenvalue weighted by Crippen LogP contribution is 2.25. The van der Waals surface area contributed by atoms with Crippen molar-refractivity contribution >= 4 is 17.0 Å². The molecule has 2 aromatic heterocycles. The molecule has 0 aliphatic carbocycles. The Hall–Kier alpha value is -2.61. The quantitative estimate of drug-likeness (QED) is 0.739. The summed E-state index contributed by atoms with van der Waals surface area (Å²) in [6.07, 6.45) is 0.463. The summed E-state index contributed by atoms with van der Waals surface area (Å²) in [4.78, 5) is 2.04. The van der Waals surface area contributed by atoms with Gasteiger partial charge in [0.05, 0.1) is 19.8 Å². The Morgan fingerprint density at radius 3 is 2.87 bits per heavy atom. The van der Waals surface area contributed by atoms with Gasteiger partial charge in [-0.05, 0) is 24.1 Å². The Kier molecular flexibility index (Phi) is 3.38. The largest absolute Gasteiger partial charge is 0.497 e. The zero-order chi connectivity index (χ0) is 15.8. The van der Waals surface area contributed by atoms with Crippen LogP contribution in [0.4, 0.5) is 5.82 Å². The number of methoxy groups -OCH3 is 1. The van der Waals surface area contributed by atoms with E-state index in [2.05, 4.69) is 20.5 Å². The number of aliphatic hydroxyl groups excluding tert-OH is 1. The lowest BCUT2D eigenvalue weighted by Crippen LogP contribution is -2.21. The number of aliphatic hydroxyl groups is 1. The van der Waals surface area contributed by atoms with Crippen LogP contribution < -0.4 is 9.64 Å². The molecule has 0 spiro atoms. The summed E-state index contributed by atoms with van der Waals surface area (Å²) in [5, 5.41) is 25.5. The number of hydrogen-bond donors (Lipinski definition) is 2. The molecule has 1 fully saturated rings. The molecule has 1 aliphatic heterocycles. The van der Waals surface area contributed by atoms with Crippen LogP contribution in [0.15, 0.2) is 24.3 Å². The first-order chi connectivity index (χ1) is 11.2. The molecule has 1 aliphatic rings. The molecule has 0 bridgehead atoms. The third-order valence-electron chi connectivity index (χ3n) is 4.17. The number of rotatable bonds is 4. The normalized spacial score (nSPS) is 18.0. The highest BCUT2D eigenvalue weighted by molar-refractivity contribution is 5.83. The molecule has 0 amide bonds. The topological polar surface area (TPSA) is 92.1 Å². The second kappa shape index (κ2) is 5.54. The minimum Gasteiger partial charge on any atom is -0.497 e. The van der Waals surface area contributed by atoms with Crippen molar-refractivity contribution in [3.63, 3.8) is 0 Å². The van der Waals surface area contributed by atoms with Crippen LogP contribution in [0.25, 0.3) is 11.2 Å². The summed E-state index contributed by atoms with van der Waals surface area (Å²) in [5.41, 5.74) is 2.63. The number of anilines is 1. The van der Waals surface area contributed by atoms with Gasteiger partial charge < -0.3 is 14.7 Å². The van der Waals surface area contributed by atoms with Gasteiger partial charge in [0.1, 0.15) is 5.75 Å². The van der Waals surface area contributed by atoms with E-state index in [1.807, 2.05) is 29.2 Å². The van der Waals surface area contributed by atoms with Gasteiger partial charge in [-0.1, -0.05) is 17.3 Å². The number of nitrogens with zero attached hydrogens (tertiary/aromatic N) is 5. The molecule has 120 valence electrons. The smallest absolute Gasteiger partial charge is 0.180 e. The van der Waals surface area contributed by atoms with Crippen molar-refractivity contribution in [2.45, 2.75) is 19.1 Å². The summed E-state index contributed by atoms with van der Waals surface area (Å²) in [7, 11) is 1.65. The van der Waals surface area contributed by atoms with Gasteiger partial charge in [0, 0.05) is 13.1 Å². The Morgan fingerprint density at radius 2 is 2.17 bits per heavy atom. The summed E-state index contributed by atoms with van der Waals surface area (Å²) in [6, 6.07) is 7.85. The van der Waals surface area contributed by atoms with Crippen molar-refractivity contribution in [2.24, 2.45) is 0 Å². The molecule has 8 nitrogen and oxygen atoms in total. The number of nitrogens with one attached hydrogen (secondary N) is 1. The minimum atomic E-state index is -0.295. The molecule has 3 heterocycles. The van der Waals surface area contributed by atoms with Crippen molar-refractivity contribution < 1.29 is 9.84 Å². The second-order valence-electron chi connectivity index (χ2n) is 5.73. The summed E-state index contributed by atoms with van der Waals surface area (Å²) in [6.45, 7) is 1.97. The molecule has 0 saturated carbocycles. The summed E-state index contributed by atoms with van der Waals surface area (Å²) < 4.78 is 6.96. The van der Waals surface area contributed by atoms with Crippen molar-refractivity contribution in [3.05, 3.63) is 29.8 Å². The number of β-amino-alcohol motifs (C(OH)–C–C–N with tert-alkyl or cyclic N) is 1. The van der Waals surface area contributed by atoms with Gasteiger partial charge in [-0.15, -0.1) is 5.10 Å². The SMILES string of the molecule is COc1ccc(Cn2nnc3c(N4CC[C@H](O)C4)n[nH]c32)cc1. The van der Waals surface area contributed by atoms with Crippen molar-refractivity contribution in [1.82, 2.24) is 25.2 Å². The van der Waals surface area contributed by atoms with Gasteiger partial charge in [0.2, 0.25) is 0 Å². The fraction of sp³-hybridized carbons (Fsp3) is 0.400. The van der Waals surface area contributed by atoms with E-state index in [9.17, 15) is 5.11 Å². The number of aromatic amines is 1. The molecule has 1 aromatic carbocycles. The van der Waals surface area contributed by atoms with E-state index < -0.39 is 0 Å². The predicted molar refractivity (Wildman–Crippen MR) is 84.6 cm³/mol. The van der Waals surface area contributed by atoms with Gasteiger partial charge in [-0.2, -0.15) is 5.10 Å². The van der Waals surface area contributed by atoms with E-state index in [0.717, 1.165) is 41.3 Å². The maximum Gasteiger partial charge on any atom is 0.180 e. The zero-order valence-electron chi connectivity index (χ0n) is 12.8. The number of hydrogen-bond acceptors (Lipinski definition) is 6. The minimum absolute atomic E-state index is 0.295. The number of aromatic nitrogens is 5. The van der Waals surface area contributed by atoms with Gasteiger partial charge in [-0.3, -0.25) is 5.10 Å². The average molecular weight is 314 g/mol. The van der Waals surface area contributed by atoms with Crippen LogP contribution in [0.5, 0.6) is 5.75 Å². The van der Waals surface area contributed by atoms with Crippen LogP contribution in [0, 0.1) is 0 Å². The van der Waals surface area contributed by atoms with Crippen molar-refractivity contribution in [3.8, 4) is 5.75 Å². The van der Waals surface area contributed by atoms with Crippen LogP contribution in [-0.4, -0.2) is 56.6 Å². The molecular weight excluding hydrogens is 296 g/mol. The summed E-state index contributed by atoms with van der Waals surface area (Å²) >= 11 is 0. The Bertz CT molecular complexity index is 809. The third kappa shape index (κ3) is 2.50. The Labute approximate surface area is 132 Å². The zero-order valence-corrected chi connectivity index (χ0v) is 12.8. The molecule has 0 radical (unpaired) electrons. The standard InChI is InChI=1S/C15H18N6O2/c1-23-12-4-2-10(3-5-12)8-21-15-13(16-19-21)14(17-18-15)20-7-6-11(22)9-20/h2-5,11,22H,6-9H2,1H3,(H,17,18)/t11-/m0/s1. The maximum absolute atomic E-state index is 9.68. The number of benzene rings is 1. The lowest BCUT2D eigenvalue weighted by molar-refractivity contribution is 0.198. The highest BCUT2D eigenvalue weighted by Gasteiger charge is 2.25. The molecule has 1 saturated heterocycles. The first-order valence-corrected chi connectivity index (χ1v) is 7.58. The van der Waals surface area contributed by atoms with E-state index in [4.69, 9.17) is 4.74 Å². The highest BCUT2D eigenvalue weighted by atomic mass is 16.5. The van der Waals surface area contributed by atoms with Crippen LogP contribution in [0.3, 0.4) is 0 Å². The fourth-order valence-corrected chi connectivity index (χ4v) is 2.90. The van der Waals surface area contributed by atoms with E-state index in [1.165, 1.54) is 0 Å². The fourth-order valence-electron chi connectivity index (χ4n) is 2.90. The van der Waals surface area contributed by atoms with Gasteiger partial charge in [-0.25, -0.2) is 4.68 Å². The van der Waals surface area contributed by atoms with Gasteiger partial charge in [0.25, 0.3) is 0 Å². The molecule has 2 N–H and O–H groups in total.